The lowest BCUT2D eigenvalue weighted by atomic mass is 10.0. The molecule has 0 aromatic heterocycles. The van der Waals surface area contributed by atoms with Gasteiger partial charge in [0.2, 0.25) is 6.29 Å². The third kappa shape index (κ3) is 1.88. The van der Waals surface area contributed by atoms with E-state index >= 15 is 0 Å². The molecule has 0 N–H and O–H groups in total. The first kappa shape index (κ1) is 9.77. The Hall–Kier alpha value is -1.32. The fraction of sp³-hybridized carbons (Fsp3) is 0.222. The molecule has 1 rings (SSSR count). The van der Waals surface area contributed by atoms with Crippen molar-refractivity contribution in [3.63, 3.8) is 0 Å². The summed E-state index contributed by atoms with van der Waals surface area (Å²) < 4.78 is 37.5. The van der Waals surface area contributed by atoms with E-state index < -0.39 is 18.2 Å². The topological polar surface area (TPSA) is 17.1 Å². The fourth-order valence-electron chi connectivity index (χ4n) is 0.963. The van der Waals surface area contributed by atoms with E-state index in [1.54, 1.807) is 0 Å². The highest BCUT2D eigenvalue weighted by Gasteiger charge is 2.33. The molecule has 0 atom stereocenters. The molecule has 0 unspecified atom stereocenters. The van der Waals surface area contributed by atoms with E-state index in [0.717, 1.165) is 6.07 Å². The maximum absolute atomic E-state index is 12.8. The molecule has 0 fully saturated rings. The number of benzene rings is 1. The average Bonchev–Trinajstić information content (AvgIpc) is 2.18. The van der Waals surface area contributed by atoms with Crippen molar-refractivity contribution in [3.8, 4) is 0 Å². The molecule has 0 saturated carbocycles. The summed E-state index contributed by atoms with van der Waals surface area (Å²) in [6, 6.07) is 4.92. The minimum atomic E-state index is -3.60. The van der Waals surface area contributed by atoms with Crippen molar-refractivity contribution in [1.29, 1.82) is 0 Å². The first-order chi connectivity index (χ1) is 6.11. The summed E-state index contributed by atoms with van der Waals surface area (Å²) in [5.41, 5.74) is -0.919. The molecular formula is C9H6F3O. The van der Waals surface area contributed by atoms with Gasteiger partial charge in [-0.05, 0) is 0 Å². The molecule has 69 valence electrons. The number of alkyl halides is 3. The van der Waals surface area contributed by atoms with Crippen molar-refractivity contribution < 1.29 is 18.0 Å². The van der Waals surface area contributed by atoms with Crippen LogP contribution in [0.25, 0.3) is 0 Å². The highest BCUT2D eigenvalue weighted by Crippen LogP contribution is 2.30. The Morgan fingerprint density at radius 3 is 2.46 bits per heavy atom. The number of carbonyl (C=O) groups excluding carboxylic acids is 1. The van der Waals surface area contributed by atoms with Crippen molar-refractivity contribution in [3.05, 3.63) is 35.4 Å². The molecule has 1 aromatic carbocycles. The predicted octanol–water partition coefficient (Wildman–Crippen LogP) is 2.21. The van der Waals surface area contributed by atoms with Crippen LogP contribution in [0.1, 0.15) is 11.1 Å². The Labute approximate surface area is 73.2 Å². The molecule has 0 aliphatic heterocycles. The Kier molecular flexibility index (Phi) is 2.70. The van der Waals surface area contributed by atoms with Crippen LogP contribution in [-0.2, 0) is 10.7 Å². The normalized spacial score (nSPS) is 11.3. The molecule has 0 amide bonds. The van der Waals surface area contributed by atoms with Crippen LogP contribution in [0.3, 0.4) is 0 Å². The maximum Gasteiger partial charge on any atom is 0.301 e. The largest absolute Gasteiger partial charge is 0.301 e. The Balaban J connectivity index is 3.20. The number of halogens is 3. The van der Waals surface area contributed by atoms with Crippen molar-refractivity contribution in [2.45, 2.75) is 5.92 Å². The summed E-state index contributed by atoms with van der Waals surface area (Å²) in [5, 5.41) is 0. The molecule has 0 spiro atoms. The van der Waals surface area contributed by atoms with Gasteiger partial charge in [-0.3, -0.25) is 4.79 Å². The lowest BCUT2D eigenvalue weighted by Crippen LogP contribution is -2.17. The van der Waals surface area contributed by atoms with Crippen molar-refractivity contribution in [2.75, 3.05) is 6.67 Å². The van der Waals surface area contributed by atoms with Gasteiger partial charge in [0.15, 0.2) is 6.67 Å². The van der Waals surface area contributed by atoms with E-state index in [0.29, 0.717) is 0 Å². The van der Waals surface area contributed by atoms with Gasteiger partial charge in [-0.2, -0.15) is 8.78 Å². The van der Waals surface area contributed by atoms with Crippen molar-refractivity contribution in [2.24, 2.45) is 0 Å². The molecule has 13 heavy (non-hydrogen) atoms. The van der Waals surface area contributed by atoms with E-state index in [-0.39, 0.29) is 5.56 Å². The summed E-state index contributed by atoms with van der Waals surface area (Å²) in [6.45, 7) is -1.81. The van der Waals surface area contributed by atoms with Crippen molar-refractivity contribution >= 4 is 6.29 Å². The van der Waals surface area contributed by atoms with Gasteiger partial charge >= 0.3 is 5.92 Å². The molecule has 0 heterocycles. The van der Waals surface area contributed by atoms with Gasteiger partial charge in [0.05, 0.1) is 0 Å². The minimum absolute atomic E-state index is 0.301. The maximum atomic E-state index is 12.8. The lowest BCUT2D eigenvalue weighted by Gasteiger charge is -2.13. The van der Waals surface area contributed by atoms with E-state index in [9.17, 15) is 18.0 Å². The van der Waals surface area contributed by atoms with Crippen LogP contribution in [0.15, 0.2) is 24.3 Å². The molecule has 0 bridgehead atoms. The van der Waals surface area contributed by atoms with E-state index in [4.69, 9.17) is 0 Å². The summed E-state index contributed by atoms with van der Waals surface area (Å²) in [4.78, 5) is 10.2. The molecule has 0 saturated heterocycles. The van der Waals surface area contributed by atoms with Gasteiger partial charge in [0.1, 0.15) is 0 Å². The highest BCUT2D eigenvalue weighted by atomic mass is 19.3. The second-order valence-electron chi connectivity index (χ2n) is 2.49. The van der Waals surface area contributed by atoms with Crippen LogP contribution < -0.4 is 0 Å². The molecule has 1 radical (unpaired) electrons. The monoisotopic (exact) mass is 187 g/mol. The average molecular weight is 187 g/mol. The summed E-state index contributed by atoms with van der Waals surface area (Å²) in [5.74, 6) is -3.60. The van der Waals surface area contributed by atoms with Crippen LogP contribution in [-0.4, -0.2) is 13.0 Å². The number of hydrogen-bond acceptors (Lipinski definition) is 1. The van der Waals surface area contributed by atoms with Gasteiger partial charge in [0, 0.05) is 11.1 Å². The standard InChI is InChI=1S/C9H6F3O/c10-6-9(11,12)8-4-2-1-3-7(8)5-13/h1-4H,6H2. The van der Waals surface area contributed by atoms with Crippen molar-refractivity contribution in [1.82, 2.24) is 0 Å². The minimum Gasteiger partial charge on any atom is -0.285 e. The zero-order valence-electron chi connectivity index (χ0n) is 6.56. The third-order valence-electron chi connectivity index (χ3n) is 1.60. The van der Waals surface area contributed by atoms with E-state index in [1.807, 2.05) is 0 Å². The van der Waals surface area contributed by atoms with Crippen LogP contribution in [0.5, 0.6) is 0 Å². The van der Waals surface area contributed by atoms with Gasteiger partial charge in [-0.25, -0.2) is 4.39 Å². The van der Waals surface area contributed by atoms with Gasteiger partial charge < -0.3 is 0 Å². The third-order valence-corrected chi connectivity index (χ3v) is 1.60. The van der Waals surface area contributed by atoms with Crippen LogP contribution in [0.4, 0.5) is 13.2 Å². The van der Waals surface area contributed by atoms with Gasteiger partial charge in [-0.1, -0.05) is 24.3 Å². The summed E-state index contributed by atoms with van der Waals surface area (Å²) in [7, 11) is 0. The van der Waals surface area contributed by atoms with Crippen LogP contribution in [0, 0.1) is 0 Å². The highest BCUT2D eigenvalue weighted by molar-refractivity contribution is 5.78. The van der Waals surface area contributed by atoms with Crippen LogP contribution in [0.2, 0.25) is 0 Å². The molecule has 1 aromatic rings. The Morgan fingerprint density at radius 2 is 1.92 bits per heavy atom. The molecule has 0 aliphatic carbocycles. The number of hydrogen-bond donors (Lipinski definition) is 0. The summed E-state index contributed by atoms with van der Waals surface area (Å²) in [6.07, 6.45) is 1.34. The fourth-order valence-corrected chi connectivity index (χ4v) is 0.963. The molecule has 1 nitrogen and oxygen atoms in total. The molecular weight excluding hydrogens is 181 g/mol. The number of rotatable bonds is 3. The molecule has 4 heteroatoms. The van der Waals surface area contributed by atoms with Gasteiger partial charge in [0.25, 0.3) is 0 Å². The molecule has 0 aliphatic rings. The predicted molar refractivity (Wildman–Crippen MR) is 41.1 cm³/mol. The lowest BCUT2D eigenvalue weighted by molar-refractivity contribution is -0.0282. The zero-order chi connectivity index (χ0) is 9.90. The Bertz CT molecular complexity index is 309. The quantitative estimate of drug-likeness (QED) is 0.708. The summed E-state index contributed by atoms with van der Waals surface area (Å²) >= 11 is 0. The SMILES string of the molecule is O=[C]c1ccccc1C(F)(F)CF. The zero-order valence-corrected chi connectivity index (χ0v) is 6.56. The second-order valence-corrected chi connectivity index (χ2v) is 2.49. The second kappa shape index (κ2) is 3.60. The smallest absolute Gasteiger partial charge is 0.285 e. The van der Waals surface area contributed by atoms with Crippen LogP contribution >= 0.6 is 0 Å². The van der Waals surface area contributed by atoms with E-state index in [1.165, 1.54) is 24.5 Å². The van der Waals surface area contributed by atoms with Gasteiger partial charge in [-0.15, -0.1) is 0 Å². The first-order valence-corrected chi connectivity index (χ1v) is 3.53. The van der Waals surface area contributed by atoms with E-state index in [2.05, 4.69) is 0 Å². The first-order valence-electron chi connectivity index (χ1n) is 3.53. The Morgan fingerprint density at radius 1 is 1.31 bits per heavy atom.